The number of hydrogen-bond donors (Lipinski definition) is 9. The van der Waals surface area contributed by atoms with Crippen LogP contribution >= 0.6 is 0 Å². The van der Waals surface area contributed by atoms with E-state index in [4.69, 9.17) is 22.3 Å². The van der Waals surface area contributed by atoms with Crippen LogP contribution in [-0.4, -0.2) is 70.7 Å². The van der Waals surface area contributed by atoms with E-state index in [1.54, 1.807) is 0 Å². The van der Waals surface area contributed by atoms with E-state index in [-0.39, 0.29) is 0 Å². The Kier molecular flexibility index (Phi) is 9.57. The zero-order valence-electron chi connectivity index (χ0n) is 13.9. The van der Waals surface area contributed by atoms with Crippen molar-refractivity contribution < 1.29 is 34.2 Å². The maximum atomic E-state index is 12.0. The normalized spacial score (nSPS) is 14.9. The summed E-state index contributed by atoms with van der Waals surface area (Å²) in [5.41, 5.74) is 19.0. The Morgan fingerprint density at radius 3 is 1.96 bits per heavy atom. The van der Waals surface area contributed by atoms with Gasteiger partial charge in [-0.3, -0.25) is 30.0 Å². The molecule has 148 valence electrons. The Hall–Kier alpha value is -2.97. The van der Waals surface area contributed by atoms with Crippen LogP contribution in [0.3, 0.4) is 0 Å². The summed E-state index contributed by atoms with van der Waals surface area (Å²) in [6.45, 7) is 0.518. The number of nitrogens with two attached hydrogens (primary N) is 3. The number of hydrazine groups is 1. The van der Waals surface area contributed by atoms with E-state index in [9.17, 15) is 29.1 Å². The predicted octanol–water partition coefficient (Wildman–Crippen LogP) is -5.77. The molecule has 0 aliphatic carbocycles. The molecule has 0 aliphatic rings. The third kappa shape index (κ3) is 8.22. The number of nitrogens with one attached hydrogen (secondary N) is 4. The van der Waals surface area contributed by atoms with Crippen molar-refractivity contribution in [2.45, 2.75) is 37.6 Å². The Bertz CT molecular complexity index is 554. The third-order valence-electron chi connectivity index (χ3n) is 2.95. The van der Waals surface area contributed by atoms with Crippen molar-refractivity contribution in [2.75, 3.05) is 6.61 Å². The van der Waals surface area contributed by atoms with Gasteiger partial charge in [-0.1, -0.05) is 0 Å². The number of hydrogen-bond acceptors (Lipinski definition) is 8. The minimum atomic E-state index is -1.53. The molecule has 0 rings (SSSR count). The molecule has 0 saturated heterocycles. The lowest BCUT2D eigenvalue weighted by atomic mass is 10.1. The molecule has 12 N–H and O–H groups in total. The van der Waals surface area contributed by atoms with Crippen LogP contribution in [0.25, 0.3) is 0 Å². The largest absolute Gasteiger partial charge is 0.394 e. The van der Waals surface area contributed by atoms with Gasteiger partial charge in [-0.2, -0.15) is 0 Å². The number of aliphatic hydroxyl groups excluding tert-OH is 2. The van der Waals surface area contributed by atoms with Crippen molar-refractivity contribution in [2.24, 2.45) is 17.2 Å². The van der Waals surface area contributed by atoms with Crippen LogP contribution < -0.4 is 38.7 Å². The van der Waals surface area contributed by atoms with Gasteiger partial charge in [0.15, 0.2) is 0 Å². The number of urea groups is 1. The molecule has 4 atom stereocenters. The first kappa shape index (κ1) is 23.0. The molecular formula is C12H23N7O7. The van der Waals surface area contributed by atoms with Gasteiger partial charge in [-0.05, 0) is 6.92 Å². The van der Waals surface area contributed by atoms with Crippen molar-refractivity contribution in [3.05, 3.63) is 0 Å². The van der Waals surface area contributed by atoms with E-state index in [1.807, 2.05) is 21.5 Å². The first-order valence-corrected chi connectivity index (χ1v) is 7.28. The van der Waals surface area contributed by atoms with E-state index in [2.05, 4.69) is 0 Å². The molecule has 0 aliphatic heterocycles. The number of rotatable bonds is 9. The topological polar surface area (TPSA) is 252 Å². The predicted molar refractivity (Wildman–Crippen MR) is 85.3 cm³/mol. The molecule has 0 bridgehead atoms. The summed E-state index contributed by atoms with van der Waals surface area (Å²) >= 11 is 0. The second-order valence-corrected chi connectivity index (χ2v) is 5.23. The summed E-state index contributed by atoms with van der Waals surface area (Å²) in [5, 5.41) is 22.1. The van der Waals surface area contributed by atoms with Gasteiger partial charge < -0.3 is 38.0 Å². The van der Waals surface area contributed by atoms with Crippen LogP contribution in [-0.2, 0) is 19.2 Å². The quantitative estimate of drug-likeness (QED) is 0.174. The molecule has 0 aromatic carbocycles. The van der Waals surface area contributed by atoms with E-state index in [1.165, 1.54) is 6.92 Å². The third-order valence-corrected chi connectivity index (χ3v) is 2.95. The van der Waals surface area contributed by atoms with Crippen LogP contribution in [0.2, 0.25) is 0 Å². The molecule has 26 heavy (non-hydrogen) atoms. The Morgan fingerprint density at radius 2 is 1.54 bits per heavy atom. The number of carbonyl (C=O) groups excluding carboxylic acids is 5. The Morgan fingerprint density at radius 1 is 1.00 bits per heavy atom. The van der Waals surface area contributed by atoms with Crippen molar-refractivity contribution in [3.63, 3.8) is 0 Å². The van der Waals surface area contributed by atoms with Gasteiger partial charge in [-0.25, -0.2) is 4.79 Å². The average Bonchev–Trinajstić information content (AvgIpc) is 2.54. The molecule has 0 aromatic heterocycles. The summed E-state index contributed by atoms with van der Waals surface area (Å²) in [6, 6.07) is -5.38. The number of amides is 6. The first-order valence-electron chi connectivity index (χ1n) is 7.28. The molecule has 0 heterocycles. The van der Waals surface area contributed by atoms with Crippen LogP contribution in [0.1, 0.15) is 13.3 Å². The zero-order valence-corrected chi connectivity index (χ0v) is 13.9. The van der Waals surface area contributed by atoms with E-state index < -0.39 is 66.9 Å². The average molecular weight is 377 g/mol. The van der Waals surface area contributed by atoms with Gasteiger partial charge >= 0.3 is 6.03 Å². The summed E-state index contributed by atoms with van der Waals surface area (Å²) in [6.07, 6.45) is -1.96. The van der Waals surface area contributed by atoms with Gasteiger partial charge in [0.2, 0.25) is 11.8 Å². The summed E-state index contributed by atoms with van der Waals surface area (Å²) in [4.78, 5) is 57.3. The second-order valence-electron chi connectivity index (χ2n) is 5.23. The SMILES string of the molecule is CC(O)[C@H](NC(=O)N[C@@H](CC(N)=O)C(=O)NNC(=O)[C@@H](N)CO)C(N)=O. The summed E-state index contributed by atoms with van der Waals surface area (Å²) in [5.74, 6) is -3.95. The molecular weight excluding hydrogens is 354 g/mol. The Labute approximate surface area is 147 Å². The van der Waals surface area contributed by atoms with E-state index >= 15 is 0 Å². The molecule has 0 saturated carbocycles. The smallest absolute Gasteiger partial charge is 0.316 e. The molecule has 0 aromatic rings. The lowest BCUT2D eigenvalue weighted by Gasteiger charge is -2.22. The van der Waals surface area contributed by atoms with Crippen molar-refractivity contribution >= 4 is 29.7 Å². The minimum Gasteiger partial charge on any atom is -0.394 e. The highest BCUT2D eigenvalue weighted by molar-refractivity contribution is 5.94. The molecule has 14 nitrogen and oxygen atoms in total. The van der Waals surface area contributed by atoms with Gasteiger partial charge in [0, 0.05) is 0 Å². The highest BCUT2D eigenvalue weighted by atomic mass is 16.3. The van der Waals surface area contributed by atoms with Gasteiger partial charge in [-0.15, -0.1) is 0 Å². The Balaban J connectivity index is 4.90. The van der Waals surface area contributed by atoms with E-state index in [0.717, 1.165) is 0 Å². The zero-order chi connectivity index (χ0) is 20.4. The van der Waals surface area contributed by atoms with Crippen LogP contribution in [0, 0.1) is 0 Å². The molecule has 14 heteroatoms. The van der Waals surface area contributed by atoms with Crippen molar-refractivity contribution in [3.8, 4) is 0 Å². The first-order chi connectivity index (χ1) is 12.0. The number of aliphatic hydroxyl groups is 2. The van der Waals surface area contributed by atoms with Crippen molar-refractivity contribution in [1.82, 2.24) is 21.5 Å². The highest BCUT2D eigenvalue weighted by Crippen LogP contribution is 1.95. The lowest BCUT2D eigenvalue weighted by Crippen LogP contribution is -2.59. The molecule has 6 amide bonds. The number of carbonyl (C=O) groups is 5. The fraction of sp³-hybridized carbons (Fsp3) is 0.583. The van der Waals surface area contributed by atoms with E-state index in [0.29, 0.717) is 0 Å². The highest BCUT2D eigenvalue weighted by Gasteiger charge is 2.27. The molecule has 0 fully saturated rings. The monoisotopic (exact) mass is 377 g/mol. The van der Waals surface area contributed by atoms with Gasteiger partial charge in [0.05, 0.1) is 19.1 Å². The van der Waals surface area contributed by atoms with Crippen molar-refractivity contribution in [1.29, 1.82) is 0 Å². The molecule has 1 unspecified atom stereocenters. The van der Waals surface area contributed by atoms with Crippen LogP contribution in [0.15, 0.2) is 0 Å². The fourth-order valence-corrected chi connectivity index (χ4v) is 1.57. The fourth-order valence-electron chi connectivity index (χ4n) is 1.57. The van der Waals surface area contributed by atoms with Gasteiger partial charge in [0.25, 0.3) is 11.8 Å². The minimum absolute atomic E-state index is 0.642. The van der Waals surface area contributed by atoms with Crippen LogP contribution in [0.5, 0.6) is 0 Å². The standard InChI is InChI=1S/C12H23N7O7/c1-4(21)8(9(15)23)17-12(26)16-6(2-7(14)22)11(25)19-18-10(24)5(13)3-20/h4-6,8,20-21H,2-3,13H2,1H3,(H2,14,22)(H2,15,23)(H,18,24)(H,19,25)(H2,16,17,26)/t4?,5-,6-,8-/m0/s1. The summed E-state index contributed by atoms with van der Waals surface area (Å²) < 4.78 is 0. The molecule has 0 spiro atoms. The van der Waals surface area contributed by atoms with Crippen LogP contribution in [0.4, 0.5) is 4.79 Å². The maximum absolute atomic E-state index is 12.0. The second kappa shape index (κ2) is 10.8. The number of primary amides is 2. The maximum Gasteiger partial charge on any atom is 0.316 e. The molecule has 0 radical (unpaired) electrons. The summed E-state index contributed by atoms with van der Waals surface area (Å²) in [7, 11) is 0. The lowest BCUT2D eigenvalue weighted by molar-refractivity contribution is -0.132. The van der Waals surface area contributed by atoms with Gasteiger partial charge in [0.1, 0.15) is 18.1 Å².